The molecule has 0 atom stereocenters. The maximum Gasteiger partial charge on any atom is 0.283 e. The summed E-state index contributed by atoms with van der Waals surface area (Å²) in [5.41, 5.74) is 1.41. The first-order valence-corrected chi connectivity index (χ1v) is 7.16. The molecule has 8 nitrogen and oxygen atoms in total. The Morgan fingerprint density at radius 3 is 2.43 bits per heavy atom. The minimum Gasteiger partial charge on any atom is -0.497 e. The summed E-state index contributed by atoms with van der Waals surface area (Å²) in [5.74, 6) is 1.33. The third-order valence-electron chi connectivity index (χ3n) is 3.56. The largest absolute Gasteiger partial charge is 0.497 e. The number of aryl methyl sites for hydroxylation is 1. The molecule has 0 aliphatic carbocycles. The number of benzene rings is 1. The van der Waals surface area contributed by atoms with Crippen LogP contribution in [0.3, 0.4) is 0 Å². The number of nitrogens with zero attached hydrogens (tertiary/aromatic N) is 5. The number of aromatic nitrogens is 5. The smallest absolute Gasteiger partial charge is 0.283 e. The molecule has 120 valence electrons. The van der Waals surface area contributed by atoms with Crippen LogP contribution in [-0.2, 0) is 13.1 Å². The van der Waals surface area contributed by atoms with Crippen LogP contribution in [0, 0.1) is 0 Å². The highest BCUT2D eigenvalue weighted by Crippen LogP contribution is 2.22. The second kappa shape index (κ2) is 6.07. The molecule has 8 heteroatoms. The van der Waals surface area contributed by atoms with E-state index >= 15 is 0 Å². The van der Waals surface area contributed by atoms with Gasteiger partial charge in [-0.15, -0.1) is 5.10 Å². The monoisotopic (exact) mass is 315 g/mol. The second-order valence-corrected chi connectivity index (χ2v) is 4.98. The van der Waals surface area contributed by atoms with Gasteiger partial charge in [-0.3, -0.25) is 9.36 Å². The highest BCUT2D eigenvalue weighted by Gasteiger charge is 2.12. The predicted octanol–water partition coefficient (Wildman–Crippen LogP) is 1.07. The Kier molecular flexibility index (Phi) is 3.96. The fourth-order valence-corrected chi connectivity index (χ4v) is 2.37. The van der Waals surface area contributed by atoms with Gasteiger partial charge < -0.3 is 9.47 Å². The molecule has 1 aromatic carbocycles. The van der Waals surface area contributed by atoms with E-state index in [0.717, 1.165) is 5.56 Å². The van der Waals surface area contributed by atoms with Crippen molar-refractivity contribution >= 4 is 11.2 Å². The Balaban J connectivity index is 2.02. The third-order valence-corrected chi connectivity index (χ3v) is 3.56. The fraction of sp³-hybridized carbons (Fsp3) is 0.333. The van der Waals surface area contributed by atoms with E-state index < -0.39 is 0 Å². The molecule has 3 aromatic rings. The maximum absolute atomic E-state index is 12.5. The summed E-state index contributed by atoms with van der Waals surface area (Å²) in [6.07, 6.45) is 1.51. The van der Waals surface area contributed by atoms with Crippen molar-refractivity contribution in [3.63, 3.8) is 0 Å². The van der Waals surface area contributed by atoms with Gasteiger partial charge in [0.05, 0.1) is 20.8 Å². The van der Waals surface area contributed by atoms with Crippen LogP contribution in [0.25, 0.3) is 11.2 Å². The van der Waals surface area contributed by atoms with Gasteiger partial charge in [0.15, 0.2) is 11.2 Å². The lowest BCUT2D eigenvalue weighted by Gasteiger charge is -2.09. The van der Waals surface area contributed by atoms with E-state index in [0.29, 0.717) is 30.2 Å². The normalized spacial score (nSPS) is 10.9. The van der Waals surface area contributed by atoms with E-state index in [9.17, 15) is 4.79 Å². The topological polar surface area (TPSA) is 84.1 Å². The van der Waals surface area contributed by atoms with E-state index in [1.54, 1.807) is 25.0 Å². The summed E-state index contributed by atoms with van der Waals surface area (Å²) in [5, 5.41) is 7.85. The molecule has 0 bridgehead atoms. The zero-order valence-electron chi connectivity index (χ0n) is 13.2. The van der Waals surface area contributed by atoms with Crippen LogP contribution < -0.4 is 15.0 Å². The van der Waals surface area contributed by atoms with Gasteiger partial charge in [-0.1, -0.05) is 5.21 Å². The molecule has 23 heavy (non-hydrogen) atoms. The average molecular weight is 315 g/mol. The Morgan fingerprint density at radius 2 is 1.83 bits per heavy atom. The van der Waals surface area contributed by atoms with Crippen molar-refractivity contribution in [3.8, 4) is 11.5 Å². The molecule has 0 unspecified atom stereocenters. The van der Waals surface area contributed by atoms with Gasteiger partial charge in [0, 0.05) is 12.6 Å². The summed E-state index contributed by atoms with van der Waals surface area (Å²) in [6.45, 7) is 2.87. The van der Waals surface area contributed by atoms with Gasteiger partial charge in [0.1, 0.15) is 17.8 Å². The average Bonchev–Trinajstić information content (AvgIpc) is 3.00. The number of fused-ring (bicyclic) bond motifs is 1. The van der Waals surface area contributed by atoms with Gasteiger partial charge in [-0.05, 0) is 24.6 Å². The number of hydrogen-bond donors (Lipinski definition) is 0. The minimum atomic E-state index is -0.225. The molecule has 0 fully saturated rings. The van der Waals surface area contributed by atoms with Gasteiger partial charge in [-0.2, -0.15) is 0 Å². The molecule has 0 saturated carbocycles. The van der Waals surface area contributed by atoms with Gasteiger partial charge in [0.2, 0.25) is 0 Å². The van der Waals surface area contributed by atoms with Crippen LogP contribution >= 0.6 is 0 Å². The fourth-order valence-electron chi connectivity index (χ4n) is 2.37. The van der Waals surface area contributed by atoms with Crippen LogP contribution in [-0.4, -0.2) is 38.8 Å². The first-order valence-electron chi connectivity index (χ1n) is 7.16. The lowest BCUT2D eigenvalue weighted by Crippen LogP contribution is -2.21. The molecule has 0 aliphatic heterocycles. The molecule has 0 aliphatic rings. The van der Waals surface area contributed by atoms with Crippen molar-refractivity contribution in [1.29, 1.82) is 0 Å². The Bertz CT molecular complexity index is 878. The van der Waals surface area contributed by atoms with Gasteiger partial charge >= 0.3 is 0 Å². The summed E-state index contributed by atoms with van der Waals surface area (Å²) in [6, 6.07) is 5.48. The highest BCUT2D eigenvalue weighted by molar-refractivity contribution is 5.67. The lowest BCUT2D eigenvalue weighted by molar-refractivity contribution is 0.393. The van der Waals surface area contributed by atoms with Crippen LogP contribution in [0.2, 0.25) is 0 Å². The van der Waals surface area contributed by atoms with Crippen molar-refractivity contribution in [2.75, 3.05) is 14.2 Å². The number of hydrogen-bond acceptors (Lipinski definition) is 6. The summed E-state index contributed by atoms with van der Waals surface area (Å²) in [7, 11) is 3.17. The third kappa shape index (κ3) is 2.75. The van der Waals surface area contributed by atoms with Crippen LogP contribution in [0.1, 0.15) is 12.5 Å². The molecule has 0 saturated heterocycles. The van der Waals surface area contributed by atoms with Crippen molar-refractivity contribution in [3.05, 3.63) is 40.4 Å². The van der Waals surface area contributed by atoms with E-state index in [2.05, 4.69) is 15.3 Å². The predicted molar refractivity (Wildman–Crippen MR) is 83.9 cm³/mol. The summed E-state index contributed by atoms with van der Waals surface area (Å²) < 4.78 is 13.6. The van der Waals surface area contributed by atoms with E-state index in [-0.39, 0.29) is 11.1 Å². The molecule has 0 N–H and O–H groups in total. The van der Waals surface area contributed by atoms with Crippen LogP contribution in [0.4, 0.5) is 0 Å². The van der Waals surface area contributed by atoms with E-state index in [4.69, 9.17) is 9.47 Å². The van der Waals surface area contributed by atoms with Crippen LogP contribution in [0.5, 0.6) is 11.5 Å². The maximum atomic E-state index is 12.5. The molecular weight excluding hydrogens is 298 g/mol. The first kappa shape index (κ1) is 15.0. The quantitative estimate of drug-likeness (QED) is 0.700. The summed E-state index contributed by atoms with van der Waals surface area (Å²) >= 11 is 0. The zero-order valence-corrected chi connectivity index (χ0v) is 13.2. The van der Waals surface area contributed by atoms with Gasteiger partial charge in [-0.25, -0.2) is 9.67 Å². The lowest BCUT2D eigenvalue weighted by atomic mass is 10.2. The molecule has 2 heterocycles. The SMILES string of the molecule is CCn1nnc2c(=O)n(Cc3cc(OC)cc(OC)c3)cnc21. The summed E-state index contributed by atoms with van der Waals surface area (Å²) in [4.78, 5) is 16.8. The minimum absolute atomic E-state index is 0.225. The Hall–Kier alpha value is -2.90. The molecule has 0 spiro atoms. The van der Waals surface area contributed by atoms with Crippen molar-refractivity contribution in [2.45, 2.75) is 20.0 Å². The van der Waals surface area contributed by atoms with Gasteiger partial charge in [0.25, 0.3) is 5.56 Å². The standard InChI is InChI=1S/C15H17N5O3/c1-4-20-14-13(17-18-20)15(21)19(9-16-14)8-10-5-11(22-2)7-12(6-10)23-3/h5-7,9H,4,8H2,1-3H3. The van der Waals surface area contributed by atoms with Crippen molar-refractivity contribution in [1.82, 2.24) is 24.5 Å². The molecule has 0 amide bonds. The molecular formula is C15H17N5O3. The molecule has 2 aromatic heterocycles. The second-order valence-electron chi connectivity index (χ2n) is 4.98. The number of rotatable bonds is 5. The van der Waals surface area contributed by atoms with Crippen LogP contribution in [0.15, 0.2) is 29.3 Å². The van der Waals surface area contributed by atoms with E-state index in [1.165, 1.54) is 10.9 Å². The first-order chi connectivity index (χ1) is 11.2. The number of ether oxygens (including phenoxy) is 2. The zero-order chi connectivity index (χ0) is 16.4. The molecule has 3 rings (SSSR count). The number of methoxy groups -OCH3 is 2. The Labute approximate surface area is 132 Å². The molecule has 0 radical (unpaired) electrons. The highest BCUT2D eigenvalue weighted by atomic mass is 16.5. The van der Waals surface area contributed by atoms with Crippen molar-refractivity contribution < 1.29 is 9.47 Å². The van der Waals surface area contributed by atoms with E-state index in [1.807, 2.05) is 19.1 Å². The Morgan fingerprint density at radius 1 is 1.13 bits per heavy atom. The van der Waals surface area contributed by atoms with Crippen molar-refractivity contribution in [2.24, 2.45) is 0 Å².